The molecular weight excluding hydrogens is 340 g/mol. The van der Waals surface area contributed by atoms with Crippen LogP contribution in [0.25, 0.3) is 0 Å². The number of piperazine rings is 1. The molecule has 3 rings (SSSR count). The monoisotopic (exact) mass is 366 g/mol. The molecule has 1 aliphatic rings. The molecule has 0 aliphatic carbocycles. The molecule has 2 aromatic carbocycles. The Hall–Kier alpha value is -2.82. The van der Waals surface area contributed by atoms with E-state index in [0.29, 0.717) is 13.1 Å². The van der Waals surface area contributed by atoms with Gasteiger partial charge in [-0.1, -0.05) is 24.3 Å². The molecule has 27 heavy (non-hydrogen) atoms. The summed E-state index contributed by atoms with van der Waals surface area (Å²) in [4.78, 5) is 29.0. The summed E-state index contributed by atoms with van der Waals surface area (Å²) in [6.07, 6.45) is 0.540. The van der Waals surface area contributed by atoms with Crippen molar-refractivity contribution in [2.45, 2.75) is 19.8 Å². The first kappa shape index (κ1) is 19.0. The van der Waals surface area contributed by atoms with Crippen molar-refractivity contribution >= 4 is 17.4 Å². The van der Waals surface area contributed by atoms with E-state index < -0.39 is 0 Å². The molecular formula is C22H26N2O3. The number of hydrogen-bond donors (Lipinski definition) is 0. The van der Waals surface area contributed by atoms with Crippen LogP contribution in [-0.2, 0) is 4.79 Å². The predicted molar refractivity (Wildman–Crippen MR) is 107 cm³/mol. The van der Waals surface area contributed by atoms with Gasteiger partial charge < -0.3 is 14.5 Å². The molecule has 0 N–H and O–H groups in total. The lowest BCUT2D eigenvalue weighted by Crippen LogP contribution is -2.48. The van der Waals surface area contributed by atoms with Gasteiger partial charge in [-0.05, 0) is 36.8 Å². The fourth-order valence-corrected chi connectivity index (χ4v) is 3.41. The third kappa shape index (κ3) is 4.67. The van der Waals surface area contributed by atoms with Crippen LogP contribution in [0.3, 0.4) is 0 Å². The fourth-order valence-electron chi connectivity index (χ4n) is 3.41. The summed E-state index contributed by atoms with van der Waals surface area (Å²) < 4.78 is 5.19. The Morgan fingerprint density at radius 1 is 0.926 bits per heavy atom. The van der Waals surface area contributed by atoms with Crippen LogP contribution in [-0.4, -0.2) is 49.9 Å². The molecule has 0 atom stereocenters. The number of benzene rings is 2. The number of carbonyl (C=O) groups excluding carboxylic acids is 2. The number of amides is 1. The number of ether oxygens (including phenoxy) is 1. The van der Waals surface area contributed by atoms with Crippen LogP contribution in [0.15, 0.2) is 48.5 Å². The quantitative estimate of drug-likeness (QED) is 0.736. The second kappa shape index (κ2) is 8.71. The smallest absolute Gasteiger partial charge is 0.223 e. The Kier molecular flexibility index (Phi) is 6.12. The average Bonchev–Trinajstić information content (AvgIpc) is 2.72. The molecule has 0 bridgehead atoms. The van der Waals surface area contributed by atoms with E-state index in [1.165, 1.54) is 0 Å². The number of nitrogens with zero attached hydrogens (tertiary/aromatic N) is 2. The van der Waals surface area contributed by atoms with Gasteiger partial charge in [0.2, 0.25) is 5.91 Å². The highest BCUT2D eigenvalue weighted by Gasteiger charge is 2.22. The van der Waals surface area contributed by atoms with Crippen molar-refractivity contribution in [1.29, 1.82) is 0 Å². The number of aryl methyl sites for hydroxylation is 1. The number of Topliss-reactive ketones (excluding diaryl/α,β-unsaturated/α-hetero) is 1. The lowest BCUT2D eigenvalue weighted by Gasteiger charge is -2.36. The van der Waals surface area contributed by atoms with Crippen molar-refractivity contribution in [1.82, 2.24) is 4.90 Å². The summed E-state index contributed by atoms with van der Waals surface area (Å²) in [6, 6.07) is 15.5. The zero-order valence-corrected chi connectivity index (χ0v) is 16.0. The van der Waals surface area contributed by atoms with Crippen LogP contribution in [0.2, 0.25) is 0 Å². The molecule has 1 aliphatic heterocycles. The van der Waals surface area contributed by atoms with Gasteiger partial charge in [0.05, 0.1) is 7.11 Å². The van der Waals surface area contributed by atoms with Gasteiger partial charge in [-0.25, -0.2) is 0 Å². The second-order valence-electron chi connectivity index (χ2n) is 6.80. The molecule has 5 heteroatoms. The maximum Gasteiger partial charge on any atom is 0.223 e. The summed E-state index contributed by atoms with van der Waals surface area (Å²) in [5.74, 6) is 0.940. The molecule has 1 amide bonds. The molecule has 0 radical (unpaired) electrons. The lowest BCUT2D eigenvalue weighted by molar-refractivity contribution is -0.131. The van der Waals surface area contributed by atoms with E-state index >= 15 is 0 Å². The maximum absolute atomic E-state index is 12.5. The Balaban J connectivity index is 1.48. The minimum Gasteiger partial charge on any atom is -0.497 e. The molecule has 0 saturated carbocycles. The zero-order chi connectivity index (χ0) is 19.2. The fraction of sp³-hybridized carbons (Fsp3) is 0.364. The Morgan fingerprint density at radius 2 is 1.59 bits per heavy atom. The Bertz CT molecular complexity index is 793. The lowest BCUT2D eigenvalue weighted by atomic mass is 10.0. The number of hydrogen-bond acceptors (Lipinski definition) is 4. The summed E-state index contributed by atoms with van der Waals surface area (Å²) in [6.45, 7) is 4.88. The highest BCUT2D eigenvalue weighted by Crippen LogP contribution is 2.21. The van der Waals surface area contributed by atoms with Crippen molar-refractivity contribution in [3.8, 4) is 5.75 Å². The highest BCUT2D eigenvalue weighted by molar-refractivity contribution is 5.99. The molecule has 0 aromatic heterocycles. The third-order valence-electron chi connectivity index (χ3n) is 5.08. The molecule has 2 aromatic rings. The van der Waals surface area contributed by atoms with Gasteiger partial charge in [0.1, 0.15) is 5.75 Å². The van der Waals surface area contributed by atoms with Crippen LogP contribution >= 0.6 is 0 Å². The Labute approximate surface area is 160 Å². The normalized spacial score (nSPS) is 14.1. The van der Waals surface area contributed by atoms with Crippen LogP contribution < -0.4 is 9.64 Å². The van der Waals surface area contributed by atoms with E-state index in [1.807, 2.05) is 60.4 Å². The first-order valence-corrected chi connectivity index (χ1v) is 9.34. The van der Waals surface area contributed by atoms with Gasteiger partial charge in [-0.15, -0.1) is 0 Å². The van der Waals surface area contributed by atoms with Crippen molar-refractivity contribution in [3.63, 3.8) is 0 Å². The van der Waals surface area contributed by atoms with Crippen LogP contribution in [0.1, 0.15) is 28.8 Å². The first-order chi connectivity index (χ1) is 13.1. The first-order valence-electron chi connectivity index (χ1n) is 9.34. The third-order valence-corrected chi connectivity index (χ3v) is 5.08. The van der Waals surface area contributed by atoms with Crippen molar-refractivity contribution < 1.29 is 14.3 Å². The molecule has 1 saturated heterocycles. The van der Waals surface area contributed by atoms with E-state index in [9.17, 15) is 9.59 Å². The van der Waals surface area contributed by atoms with Gasteiger partial charge in [-0.3, -0.25) is 9.59 Å². The predicted octanol–water partition coefficient (Wildman–Crippen LogP) is 3.32. The summed E-state index contributed by atoms with van der Waals surface area (Å²) in [5, 5.41) is 0. The minimum atomic E-state index is 0.0401. The summed E-state index contributed by atoms with van der Waals surface area (Å²) >= 11 is 0. The summed E-state index contributed by atoms with van der Waals surface area (Å²) in [5.41, 5.74) is 2.82. The van der Waals surface area contributed by atoms with Crippen molar-refractivity contribution in [2.75, 3.05) is 38.2 Å². The van der Waals surface area contributed by atoms with Gasteiger partial charge in [-0.2, -0.15) is 0 Å². The molecule has 1 fully saturated rings. The topological polar surface area (TPSA) is 49.9 Å². The molecule has 5 nitrogen and oxygen atoms in total. The van der Waals surface area contributed by atoms with Gasteiger partial charge in [0, 0.05) is 50.3 Å². The van der Waals surface area contributed by atoms with Gasteiger partial charge in [0.25, 0.3) is 0 Å². The van der Waals surface area contributed by atoms with Gasteiger partial charge in [0.15, 0.2) is 5.78 Å². The number of anilines is 1. The zero-order valence-electron chi connectivity index (χ0n) is 16.0. The average molecular weight is 366 g/mol. The molecule has 142 valence electrons. The number of rotatable bonds is 6. The number of ketones is 1. The van der Waals surface area contributed by atoms with E-state index in [4.69, 9.17) is 4.74 Å². The minimum absolute atomic E-state index is 0.0401. The van der Waals surface area contributed by atoms with E-state index in [0.717, 1.165) is 35.7 Å². The van der Waals surface area contributed by atoms with Crippen LogP contribution in [0, 0.1) is 6.92 Å². The molecule has 1 heterocycles. The van der Waals surface area contributed by atoms with Gasteiger partial charge >= 0.3 is 0 Å². The SMILES string of the molecule is COc1ccc(N2CCN(C(=O)CCC(=O)c3ccccc3C)CC2)cc1. The highest BCUT2D eigenvalue weighted by atomic mass is 16.5. The second-order valence-corrected chi connectivity index (χ2v) is 6.80. The Morgan fingerprint density at radius 3 is 2.22 bits per heavy atom. The summed E-state index contributed by atoms with van der Waals surface area (Å²) in [7, 11) is 1.66. The molecule has 0 spiro atoms. The van der Waals surface area contributed by atoms with Crippen LogP contribution in [0.4, 0.5) is 5.69 Å². The van der Waals surface area contributed by atoms with Crippen molar-refractivity contribution in [3.05, 3.63) is 59.7 Å². The maximum atomic E-state index is 12.5. The molecule has 0 unspecified atom stereocenters. The van der Waals surface area contributed by atoms with E-state index in [2.05, 4.69) is 4.90 Å². The van der Waals surface area contributed by atoms with Crippen LogP contribution in [0.5, 0.6) is 5.75 Å². The number of methoxy groups -OCH3 is 1. The standard InChI is InChI=1S/C22H26N2O3/c1-17-5-3-4-6-20(17)21(25)11-12-22(26)24-15-13-23(14-16-24)18-7-9-19(27-2)10-8-18/h3-10H,11-16H2,1-2H3. The van der Waals surface area contributed by atoms with E-state index in [-0.39, 0.29) is 24.5 Å². The largest absolute Gasteiger partial charge is 0.497 e. The number of carbonyl (C=O) groups is 2. The van der Waals surface area contributed by atoms with E-state index in [1.54, 1.807) is 7.11 Å². The van der Waals surface area contributed by atoms with Crippen molar-refractivity contribution in [2.24, 2.45) is 0 Å².